The highest BCUT2D eigenvalue weighted by atomic mass is 16.3. The summed E-state index contributed by atoms with van der Waals surface area (Å²) in [4.78, 5) is 3.91. The third-order valence-electron chi connectivity index (χ3n) is 3.47. The Morgan fingerprint density at radius 3 is 2.48 bits per heavy atom. The molecule has 3 aromatic rings. The molecule has 3 rings (SSSR count). The Bertz CT molecular complexity index is 760. The van der Waals surface area contributed by atoms with Crippen molar-refractivity contribution >= 4 is 11.9 Å². The van der Waals surface area contributed by atoms with Crippen LogP contribution in [0.3, 0.4) is 0 Å². The maximum absolute atomic E-state index is 5.83. The van der Waals surface area contributed by atoms with Gasteiger partial charge in [-0.15, -0.1) is 0 Å². The molecule has 5 heteroatoms. The molecule has 1 unspecified atom stereocenters. The fourth-order valence-electron chi connectivity index (χ4n) is 2.13. The van der Waals surface area contributed by atoms with E-state index < -0.39 is 0 Å². The van der Waals surface area contributed by atoms with Crippen molar-refractivity contribution in [2.24, 2.45) is 10.8 Å². The first-order chi connectivity index (χ1) is 11.2. The standard InChI is InChI=1S/C18H18N4O/c1-13(19)15-4-2-14(3-5-15)10-21-22-17-8-6-16(7-9-17)18-11-20-12-23-18/h2-13,22H,19H2,1H3. The number of hydrazone groups is 1. The van der Waals surface area contributed by atoms with Crippen LogP contribution in [0.2, 0.25) is 0 Å². The van der Waals surface area contributed by atoms with E-state index in [-0.39, 0.29) is 6.04 Å². The highest BCUT2D eigenvalue weighted by Crippen LogP contribution is 2.20. The van der Waals surface area contributed by atoms with E-state index in [9.17, 15) is 0 Å². The Hall–Kier alpha value is -2.92. The Balaban J connectivity index is 1.61. The second-order valence-corrected chi connectivity index (χ2v) is 5.27. The van der Waals surface area contributed by atoms with Crippen LogP contribution in [-0.4, -0.2) is 11.2 Å². The van der Waals surface area contributed by atoms with Gasteiger partial charge in [-0.2, -0.15) is 5.10 Å². The molecule has 3 N–H and O–H groups in total. The quantitative estimate of drug-likeness (QED) is 0.555. The summed E-state index contributed by atoms with van der Waals surface area (Å²) >= 11 is 0. The predicted octanol–water partition coefficient (Wildman–Crippen LogP) is 3.81. The van der Waals surface area contributed by atoms with Gasteiger partial charge in [-0.05, 0) is 42.3 Å². The van der Waals surface area contributed by atoms with E-state index in [1.54, 1.807) is 12.4 Å². The largest absolute Gasteiger partial charge is 0.444 e. The predicted molar refractivity (Wildman–Crippen MR) is 92.2 cm³/mol. The molecule has 0 spiro atoms. The lowest BCUT2D eigenvalue weighted by Crippen LogP contribution is -2.04. The molecule has 1 aromatic heterocycles. The average Bonchev–Trinajstić information content (AvgIpc) is 3.10. The molecule has 2 aromatic carbocycles. The van der Waals surface area contributed by atoms with Crippen molar-refractivity contribution in [3.8, 4) is 11.3 Å². The van der Waals surface area contributed by atoms with Crippen molar-refractivity contribution in [2.75, 3.05) is 5.43 Å². The van der Waals surface area contributed by atoms with E-state index in [0.717, 1.165) is 28.1 Å². The maximum atomic E-state index is 5.83. The molecule has 1 atom stereocenters. The number of rotatable bonds is 5. The van der Waals surface area contributed by atoms with Crippen LogP contribution in [-0.2, 0) is 0 Å². The Morgan fingerprint density at radius 1 is 1.13 bits per heavy atom. The van der Waals surface area contributed by atoms with Crippen LogP contribution in [0.5, 0.6) is 0 Å². The van der Waals surface area contributed by atoms with Crippen molar-refractivity contribution < 1.29 is 4.42 Å². The molecule has 0 aliphatic rings. The summed E-state index contributed by atoms with van der Waals surface area (Å²) in [6, 6.07) is 15.8. The summed E-state index contributed by atoms with van der Waals surface area (Å²) in [5.74, 6) is 0.745. The summed E-state index contributed by atoms with van der Waals surface area (Å²) in [5, 5.41) is 4.24. The minimum absolute atomic E-state index is 0.0435. The van der Waals surface area contributed by atoms with Crippen LogP contribution in [0, 0.1) is 0 Å². The molecule has 0 fully saturated rings. The second-order valence-electron chi connectivity index (χ2n) is 5.27. The van der Waals surface area contributed by atoms with Gasteiger partial charge in [0.15, 0.2) is 12.2 Å². The smallest absolute Gasteiger partial charge is 0.181 e. The minimum Gasteiger partial charge on any atom is -0.444 e. The van der Waals surface area contributed by atoms with Gasteiger partial charge in [-0.3, -0.25) is 5.43 Å². The van der Waals surface area contributed by atoms with Gasteiger partial charge in [0.25, 0.3) is 0 Å². The number of aromatic nitrogens is 1. The van der Waals surface area contributed by atoms with Gasteiger partial charge >= 0.3 is 0 Å². The zero-order chi connectivity index (χ0) is 16.1. The van der Waals surface area contributed by atoms with Crippen LogP contribution in [0.4, 0.5) is 5.69 Å². The van der Waals surface area contributed by atoms with Crippen molar-refractivity contribution in [3.05, 3.63) is 72.2 Å². The number of benzene rings is 2. The molecule has 0 radical (unpaired) electrons. The van der Waals surface area contributed by atoms with Crippen LogP contribution >= 0.6 is 0 Å². The SMILES string of the molecule is CC(N)c1ccc(C=NNc2ccc(-c3cnco3)cc2)cc1. The van der Waals surface area contributed by atoms with Crippen LogP contribution in [0.1, 0.15) is 24.1 Å². The first-order valence-corrected chi connectivity index (χ1v) is 7.36. The third-order valence-corrected chi connectivity index (χ3v) is 3.47. The molecule has 0 saturated carbocycles. The van der Waals surface area contributed by atoms with E-state index in [1.165, 1.54) is 6.39 Å². The number of nitrogens with two attached hydrogens (primary N) is 1. The van der Waals surface area contributed by atoms with Crippen LogP contribution < -0.4 is 11.2 Å². The topological polar surface area (TPSA) is 76.4 Å². The van der Waals surface area contributed by atoms with Gasteiger partial charge in [-0.1, -0.05) is 24.3 Å². The van der Waals surface area contributed by atoms with E-state index in [0.29, 0.717) is 0 Å². The van der Waals surface area contributed by atoms with E-state index in [1.807, 2.05) is 55.5 Å². The molecule has 1 heterocycles. The molecule has 0 bridgehead atoms. The first-order valence-electron chi connectivity index (χ1n) is 7.36. The zero-order valence-corrected chi connectivity index (χ0v) is 12.8. The average molecular weight is 306 g/mol. The summed E-state index contributed by atoms with van der Waals surface area (Å²) in [5.41, 5.74) is 12.8. The molecular weight excluding hydrogens is 288 g/mol. The highest BCUT2D eigenvalue weighted by molar-refractivity contribution is 5.80. The number of hydrogen-bond acceptors (Lipinski definition) is 5. The normalized spacial score (nSPS) is 12.4. The molecule has 0 aliphatic heterocycles. The van der Waals surface area contributed by atoms with Crippen molar-refractivity contribution in [1.82, 2.24) is 4.98 Å². The van der Waals surface area contributed by atoms with Gasteiger partial charge in [0, 0.05) is 11.6 Å². The summed E-state index contributed by atoms with van der Waals surface area (Å²) in [7, 11) is 0. The maximum Gasteiger partial charge on any atom is 0.181 e. The molecule has 0 aliphatic carbocycles. The third kappa shape index (κ3) is 3.84. The first kappa shape index (κ1) is 15.0. The summed E-state index contributed by atoms with van der Waals surface area (Å²) in [6.07, 6.45) is 4.88. The van der Waals surface area contributed by atoms with E-state index in [4.69, 9.17) is 10.2 Å². The Kier molecular flexibility index (Phi) is 4.49. The lowest BCUT2D eigenvalue weighted by Gasteiger charge is -2.05. The number of anilines is 1. The molecule has 0 amide bonds. The van der Waals surface area contributed by atoms with Gasteiger partial charge in [0.2, 0.25) is 0 Å². The number of oxazole rings is 1. The number of hydrogen-bond donors (Lipinski definition) is 2. The lowest BCUT2D eigenvalue weighted by molar-refractivity contribution is 0.572. The molecule has 0 saturated heterocycles. The fraction of sp³-hybridized carbons (Fsp3) is 0.111. The van der Waals surface area contributed by atoms with Crippen molar-refractivity contribution in [3.63, 3.8) is 0 Å². The summed E-state index contributed by atoms with van der Waals surface area (Å²) in [6.45, 7) is 1.97. The molecule has 23 heavy (non-hydrogen) atoms. The number of nitrogens with zero attached hydrogens (tertiary/aromatic N) is 2. The fourth-order valence-corrected chi connectivity index (χ4v) is 2.13. The molecule has 5 nitrogen and oxygen atoms in total. The summed E-state index contributed by atoms with van der Waals surface area (Å²) < 4.78 is 5.25. The second kappa shape index (κ2) is 6.89. The van der Waals surface area contributed by atoms with Gasteiger partial charge < -0.3 is 10.2 Å². The van der Waals surface area contributed by atoms with Crippen molar-refractivity contribution in [1.29, 1.82) is 0 Å². The minimum atomic E-state index is 0.0435. The van der Waals surface area contributed by atoms with E-state index >= 15 is 0 Å². The molecule has 116 valence electrons. The lowest BCUT2D eigenvalue weighted by atomic mass is 10.1. The molecular formula is C18H18N4O. The van der Waals surface area contributed by atoms with Crippen LogP contribution in [0.15, 0.2) is 70.6 Å². The van der Waals surface area contributed by atoms with Gasteiger partial charge in [0.05, 0.1) is 18.1 Å². The Morgan fingerprint density at radius 2 is 1.87 bits per heavy atom. The Labute approximate surface area is 134 Å². The van der Waals surface area contributed by atoms with Crippen LogP contribution in [0.25, 0.3) is 11.3 Å². The highest BCUT2D eigenvalue weighted by Gasteiger charge is 2.00. The monoisotopic (exact) mass is 306 g/mol. The van der Waals surface area contributed by atoms with Gasteiger partial charge in [-0.25, -0.2) is 4.98 Å². The van der Waals surface area contributed by atoms with Gasteiger partial charge in [0.1, 0.15) is 0 Å². The number of nitrogens with one attached hydrogen (secondary N) is 1. The van der Waals surface area contributed by atoms with E-state index in [2.05, 4.69) is 15.5 Å². The zero-order valence-electron chi connectivity index (χ0n) is 12.8. The van der Waals surface area contributed by atoms with Crippen molar-refractivity contribution in [2.45, 2.75) is 13.0 Å².